The maximum Gasteiger partial charge on any atom is 0.240 e. The van der Waals surface area contributed by atoms with E-state index in [1.165, 1.54) is 55.2 Å². The number of hydrogen-bond donors (Lipinski definition) is 1. The smallest absolute Gasteiger partial charge is 0.240 e. The third kappa shape index (κ3) is 4.95. The number of hydrogen-bond acceptors (Lipinski definition) is 6. The van der Waals surface area contributed by atoms with Gasteiger partial charge in [0.25, 0.3) is 0 Å². The van der Waals surface area contributed by atoms with E-state index in [9.17, 15) is 4.79 Å². The van der Waals surface area contributed by atoms with E-state index < -0.39 is 0 Å². The summed E-state index contributed by atoms with van der Waals surface area (Å²) in [7, 11) is 1.81. The molecule has 0 bridgehead atoms. The lowest BCUT2D eigenvalue weighted by Crippen LogP contribution is -2.33. The summed E-state index contributed by atoms with van der Waals surface area (Å²) in [5.41, 5.74) is 0.900. The molecule has 1 saturated carbocycles. The highest BCUT2D eigenvalue weighted by atomic mass is 32.2. The number of benzene rings is 1. The van der Waals surface area contributed by atoms with E-state index in [2.05, 4.69) is 15.5 Å². The van der Waals surface area contributed by atoms with Crippen molar-refractivity contribution in [3.63, 3.8) is 0 Å². The van der Waals surface area contributed by atoms with Gasteiger partial charge in [0, 0.05) is 18.8 Å². The van der Waals surface area contributed by atoms with E-state index in [1.807, 2.05) is 44.3 Å². The summed E-state index contributed by atoms with van der Waals surface area (Å²) in [5, 5.41) is 12.6. The van der Waals surface area contributed by atoms with Crippen LogP contribution in [0.4, 0.5) is 10.8 Å². The monoisotopic (exact) mass is 376 g/mol. The van der Waals surface area contributed by atoms with Crippen molar-refractivity contribution in [2.75, 3.05) is 17.3 Å². The van der Waals surface area contributed by atoms with Crippen molar-refractivity contribution in [3.05, 3.63) is 30.3 Å². The van der Waals surface area contributed by atoms with Crippen LogP contribution in [0.1, 0.15) is 39.0 Å². The molecule has 1 aromatic carbocycles. The average Bonchev–Trinajstić information content (AvgIpc) is 3.08. The molecule has 134 valence electrons. The highest BCUT2D eigenvalue weighted by Crippen LogP contribution is 2.31. The Morgan fingerprint density at radius 1 is 1.24 bits per heavy atom. The summed E-state index contributed by atoms with van der Waals surface area (Å²) in [4.78, 5) is 14.3. The first-order valence-electron chi connectivity index (χ1n) is 8.73. The van der Waals surface area contributed by atoms with Crippen LogP contribution in [0.2, 0.25) is 0 Å². The fourth-order valence-electron chi connectivity index (χ4n) is 2.99. The van der Waals surface area contributed by atoms with E-state index in [4.69, 9.17) is 0 Å². The van der Waals surface area contributed by atoms with Crippen molar-refractivity contribution in [1.82, 2.24) is 10.2 Å². The standard InChI is InChI=1S/C18H24N4OS2/c1-13(16(23)22(2)15-11-7-4-8-12-15)24-18-21-20-17(25-18)19-14-9-5-3-6-10-14/h4,7-8,11-14H,3,5-6,9-10H2,1-2H3,(H,19,20). The molecule has 25 heavy (non-hydrogen) atoms. The van der Waals surface area contributed by atoms with Crippen LogP contribution < -0.4 is 10.2 Å². The Bertz CT molecular complexity index is 685. The number of aromatic nitrogens is 2. The molecule has 1 aliphatic carbocycles. The second kappa shape index (κ2) is 8.67. The maximum absolute atomic E-state index is 12.6. The second-order valence-corrected chi connectivity index (χ2v) is 8.91. The third-order valence-corrected chi connectivity index (χ3v) is 6.46. The lowest BCUT2D eigenvalue weighted by atomic mass is 9.96. The molecule has 1 atom stereocenters. The lowest BCUT2D eigenvalue weighted by Gasteiger charge is -2.21. The Balaban J connectivity index is 1.55. The summed E-state index contributed by atoms with van der Waals surface area (Å²) >= 11 is 3.01. The summed E-state index contributed by atoms with van der Waals surface area (Å²) < 4.78 is 0.834. The first kappa shape index (κ1) is 18.2. The number of amides is 1. The minimum Gasteiger partial charge on any atom is -0.357 e. The van der Waals surface area contributed by atoms with Gasteiger partial charge >= 0.3 is 0 Å². The van der Waals surface area contributed by atoms with Gasteiger partial charge in [-0.2, -0.15) is 0 Å². The van der Waals surface area contributed by atoms with Gasteiger partial charge in [-0.3, -0.25) is 4.79 Å². The van der Waals surface area contributed by atoms with Crippen molar-refractivity contribution in [2.24, 2.45) is 0 Å². The van der Waals surface area contributed by atoms with Crippen LogP contribution in [0.25, 0.3) is 0 Å². The van der Waals surface area contributed by atoms with Gasteiger partial charge in [0.2, 0.25) is 11.0 Å². The number of rotatable bonds is 6. The topological polar surface area (TPSA) is 58.1 Å². The van der Waals surface area contributed by atoms with Gasteiger partial charge in [0.05, 0.1) is 5.25 Å². The third-order valence-electron chi connectivity index (χ3n) is 4.44. The fraction of sp³-hybridized carbons (Fsp3) is 0.500. The molecular formula is C18H24N4OS2. The molecule has 1 aliphatic rings. The van der Waals surface area contributed by atoms with Gasteiger partial charge in [-0.05, 0) is 31.9 Å². The molecule has 1 heterocycles. The van der Waals surface area contributed by atoms with E-state index in [1.54, 1.807) is 4.90 Å². The number of anilines is 2. The number of thioether (sulfide) groups is 1. The highest BCUT2D eigenvalue weighted by molar-refractivity contribution is 8.02. The molecule has 0 aliphatic heterocycles. The second-order valence-electron chi connectivity index (χ2n) is 6.35. The van der Waals surface area contributed by atoms with E-state index in [0.717, 1.165) is 15.2 Å². The highest BCUT2D eigenvalue weighted by Gasteiger charge is 2.22. The predicted octanol–water partition coefficient (Wildman–Crippen LogP) is 4.43. The largest absolute Gasteiger partial charge is 0.357 e. The molecule has 0 spiro atoms. The lowest BCUT2D eigenvalue weighted by molar-refractivity contribution is -0.117. The zero-order chi connectivity index (χ0) is 17.6. The van der Waals surface area contributed by atoms with E-state index >= 15 is 0 Å². The average molecular weight is 377 g/mol. The summed E-state index contributed by atoms with van der Waals surface area (Å²) in [6.07, 6.45) is 6.33. The van der Waals surface area contributed by atoms with Crippen LogP contribution in [0.3, 0.4) is 0 Å². The minimum absolute atomic E-state index is 0.0631. The zero-order valence-corrected chi connectivity index (χ0v) is 16.3. The molecule has 1 fully saturated rings. The number of nitrogens with one attached hydrogen (secondary N) is 1. The minimum atomic E-state index is -0.208. The summed E-state index contributed by atoms with van der Waals surface area (Å²) in [6, 6.07) is 10.2. The van der Waals surface area contributed by atoms with Crippen LogP contribution in [0.5, 0.6) is 0 Å². The predicted molar refractivity (Wildman–Crippen MR) is 106 cm³/mol. The number of carbonyl (C=O) groups excluding carboxylic acids is 1. The Labute approximate surface area is 157 Å². The molecule has 5 nitrogen and oxygen atoms in total. The quantitative estimate of drug-likeness (QED) is 0.756. The van der Waals surface area contributed by atoms with Crippen LogP contribution in [-0.2, 0) is 4.79 Å². The molecule has 7 heteroatoms. The Hall–Kier alpha value is -1.60. The van der Waals surface area contributed by atoms with Crippen LogP contribution >= 0.6 is 23.1 Å². The normalized spacial score (nSPS) is 16.4. The van der Waals surface area contributed by atoms with Crippen LogP contribution in [0.15, 0.2) is 34.7 Å². The molecule has 1 unspecified atom stereocenters. The van der Waals surface area contributed by atoms with Crippen molar-refractivity contribution < 1.29 is 4.79 Å². The van der Waals surface area contributed by atoms with Gasteiger partial charge in [-0.25, -0.2) is 0 Å². The van der Waals surface area contributed by atoms with Crippen molar-refractivity contribution >= 4 is 39.8 Å². The van der Waals surface area contributed by atoms with Crippen LogP contribution in [-0.4, -0.2) is 34.4 Å². The van der Waals surface area contributed by atoms with E-state index in [-0.39, 0.29) is 11.2 Å². The first-order chi connectivity index (χ1) is 12.1. The molecule has 1 aromatic heterocycles. The molecule has 2 aromatic rings. The fourth-order valence-corrected chi connectivity index (χ4v) is 5.06. The van der Waals surface area contributed by atoms with Gasteiger partial charge < -0.3 is 10.2 Å². The van der Waals surface area contributed by atoms with Gasteiger partial charge in [-0.15, -0.1) is 10.2 Å². The van der Waals surface area contributed by atoms with Crippen molar-refractivity contribution in [1.29, 1.82) is 0 Å². The molecule has 3 rings (SSSR count). The van der Waals surface area contributed by atoms with Crippen LogP contribution in [0, 0.1) is 0 Å². The summed E-state index contributed by atoms with van der Waals surface area (Å²) in [5.74, 6) is 0.0631. The Morgan fingerprint density at radius 3 is 2.68 bits per heavy atom. The van der Waals surface area contributed by atoms with Gasteiger partial charge in [-0.1, -0.05) is 60.6 Å². The molecular weight excluding hydrogens is 352 g/mol. The number of carbonyl (C=O) groups is 1. The molecule has 1 N–H and O–H groups in total. The van der Waals surface area contributed by atoms with Crippen molar-refractivity contribution in [3.8, 4) is 0 Å². The molecule has 0 radical (unpaired) electrons. The molecule has 1 amide bonds. The van der Waals surface area contributed by atoms with Gasteiger partial charge in [0.1, 0.15) is 0 Å². The zero-order valence-electron chi connectivity index (χ0n) is 14.6. The SMILES string of the molecule is CC(Sc1nnc(NC2CCCCC2)s1)C(=O)N(C)c1ccccc1. The Kier molecular flexibility index (Phi) is 6.31. The number of para-hydroxylation sites is 1. The van der Waals surface area contributed by atoms with Gasteiger partial charge in [0.15, 0.2) is 4.34 Å². The number of nitrogens with zero attached hydrogens (tertiary/aromatic N) is 3. The molecule has 0 saturated heterocycles. The Morgan fingerprint density at radius 2 is 1.96 bits per heavy atom. The van der Waals surface area contributed by atoms with Crippen molar-refractivity contribution in [2.45, 2.75) is 54.7 Å². The maximum atomic E-state index is 12.6. The summed E-state index contributed by atoms with van der Waals surface area (Å²) in [6.45, 7) is 1.92. The first-order valence-corrected chi connectivity index (χ1v) is 10.4. The van der Waals surface area contributed by atoms with E-state index in [0.29, 0.717) is 6.04 Å².